The number of Topliss-reactive ketones (excluding diaryl/α,β-unsaturated/α-hetero) is 1. The summed E-state index contributed by atoms with van der Waals surface area (Å²) in [6.07, 6.45) is 1.08. The first-order valence-electron chi connectivity index (χ1n) is 10.3. The summed E-state index contributed by atoms with van der Waals surface area (Å²) in [6, 6.07) is 12.3. The molecule has 0 bridgehead atoms. The number of hydrazine groups is 1. The van der Waals surface area contributed by atoms with Gasteiger partial charge in [0, 0.05) is 24.6 Å². The van der Waals surface area contributed by atoms with Crippen LogP contribution in [0.25, 0.3) is 0 Å². The first-order valence-corrected chi connectivity index (χ1v) is 11.1. The van der Waals surface area contributed by atoms with E-state index in [1.54, 1.807) is 23.1 Å². The zero-order chi connectivity index (χ0) is 22.8. The number of hydrogen-bond acceptors (Lipinski definition) is 5. The lowest BCUT2D eigenvalue weighted by molar-refractivity contribution is -0.125. The first-order chi connectivity index (χ1) is 15.3. The van der Waals surface area contributed by atoms with Crippen LogP contribution in [0.4, 0.5) is 5.69 Å². The van der Waals surface area contributed by atoms with Gasteiger partial charge in [0.05, 0.1) is 15.7 Å². The maximum atomic E-state index is 13.0. The Morgan fingerprint density at radius 2 is 1.72 bits per heavy atom. The minimum atomic E-state index is -0.282. The Hall–Kier alpha value is -2.90. The fourth-order valence-electron chi connectivity index (χ4n) is 3.82. The summed E-state index contributed by atoms with van der Waals surface area (Å²) < 4.78 is 0. The van der Waals surface area contributed by atoms with Crippen molar-refractivity contribution in [2.24, 2.45) is 10.9 Å². The quantitative estimate of drug-likeness (QED) is 0.688. The highest BCUT2D eigenvalue weighted by Gasteiger charge is 2.32. The minimum Gasteiger partial charge on any atom is -0.336 e. The number of nitrogens with one attached hydrogen (secondary N) is 1. The maximum Gasteiger partial charge on any atom is 0.290 e. The molecule has 2 heterocycles. The molecule has 2 aromatic rings. The van der Waals surface area contributed by atoms with Crippen LogP contribution >= 0.6 is 23.2 Å². The largest absolute Gasteiger partial charge is 0.336 e. The lowest BCUT2D eigenvalue weighted by Gasteiger charge is -2.34. The van der Waals surface area contributed by atoms with E-state index in [1.807, 2.05) is 31.2 Å². The van der Waals surface area contributed by atoms with E-state index >= 15 is 0 Å². The molecule has 166 valence electrons. The molecule has 1 saturated heterocycles. The summed E-state index contributed by atoms with van der Waals surface area (Å²) in [6.45, 7) is 2.71. The van der Waals surface area contributed by atoms with Gasteiger partial charge in [-0.05, 0) is 50.1 Å². The Balaban J connectivity index is 1.38. The van der Waals surface area contributed by atoms with Gasteiger partial charge in [0.1, 0.15) is 6.54 Å². The molecule has 2 aromatic carbocycles. The van der Waals surface area contributed by atoms with Gasteiger partial charge in [0.25, 0.3) is 11.8 Å². The molecule has 0 aromatic heterocycles. The SMILES string of the molecule is Cc1ccc(N2NC(C(=O)N3CCC(C(=O)c4ccc(Cl)c(Cl)c4)CC3)=NCC2=O)cc1. The molecule has 4 rings (SSSR count). The van der Waals surface area contributed by atoms with Crippen LogP contribution in [0.1, 0.15) is 28.8 Å². The topological polar surface area (TPSA) is 82.1 Å². The van der Waals surface area contributed by atoms with Crippen molar-refractivity contribution in [1.82, 2.24) is 10.3 Å². The summed E-state index contributed by atoms with van der Waals surface area (Å²) in [5.74, 6) is -0.589. The Labute approximate surface area is 196 Å². The van der Waals surface area contributed by atoms with Crippen LogP contribution in [-0.2, 0) is 9.59 Å². The number of nitrogens with zero attached hydrogens (tertiary/aromatic N) is 3. The van der Waals surface area contributed by atoms with Crippen molar-refractivity contribution in [3.8, 4) is 0 Å². The number of ketones is 1. The van der Waals surface area contributed by atoms with Crippen molar-refractivity contribution in [2.45, 2.75) is 19.8 Å². The number of rotatable bonds is 4. The van der Waals surface area contributed by atoms with Crippen molar-refractivity contribution in [1.29, 1.82) is 0 Å². The number of piperidine rings is 1. The Morgan fingerprint density at radius 1 is 1.03 bits per heavy atom. The van der Waals surface area contributed by atoms with Crippen LogP contribution in [0.5, 0.6) is 0 Å². The third-order valence-corrected chi connectivity index (χ3v) is 6.43. The second-order valence-corrected chi connectivity index (χ2v) is 8.72. The van der Waals surface area contributed by atoms with Crippen LogP contribution in [0.2, 0.25) is 10.0 Å². The normalized spacial score (nSPS) is 17.1. The molecule has 0 spiro atoms. The van der Waals surface area contributed by atoms with Gasteiger partial charge in [-0.1, -0.05) is 40.9 Å². The van der Waals surface area contributed by atoms with Crippen molar-refractivity contribution in [2.75, 3.05) is 24.6 Å². The molecular weight excluding hydrogens is 451 g/mol. The van der Waals surface area contributed by atoms with Gasteiger partial charge in [-0.25, -0.2) is 5.01 Å². The molecular formula is C23H22Cl2N4O3. The zero-order valence-corrected chi connectivity index (χ0v) is 19.0. The van der Waals surface area contributed by atoms with E-state index in [1.165, 1.54) is 5.01 Å². The number of anilines is 1. The number of aryl methyl sites for hydroxylation is 1. The monoisotopic (exact) mass is 472 g/mol. The lowest BCUT2D eigenvalue weighted by Crippen LogP contribution is -2.57. The number of carbonyl (C=O) groups excluding carboxylic acids is 3. The van der Waals surface area contributed by atoms with Gasteiger partial charge in [-0.3, -0.25) is 24.8 Å². The number of halogens is 2. The molecule has 0 atom stereocenters. The van der Waals surface area contributed by atoms with Gasteiger partial charge >= 0.3 is 0 Å². The fourth-order valence-corrected chi connectivity index (χ4v) is 4.12. The molecule has 0 aliphatic carbocycles. The van der Waals surface area contributed by atoms with Crippen molar-refractivity contribution in [3.63, 3.8) is 0 Å². The van der Waals surface area contributed by atoms with E-state index in [0.717, 1.165) is 5.56 Å². The predicted octanol–water partition coefficient (Wildman–Crippen LogP) is 3.67. The number of hydrogen-bond donors (Lipinski definition) is 1. The molecule has 7 nitrogen and oxygen atoms in total. The molecule has 0 radical (unpaired) electrons. The van der Waals surface area contributed by atoms with Crippen LogP contribution in [0, 0.1) is 12.8 Å². The molecule has 1 fully saturated rings. The first kappa shape index (κ1) is 22.3. The summed E-state index contributed by atoms with van der Waals surface area (Å²) in [4.78, 5) is 43.9. The Bertz CT molecular complexity index is 1090. The predicted molar refractivity (Wildman–Crippen MR) is 124 cm³/mol. The number of benzene rings is 2. The smallest absolute Gasteiger partial charge is 0.290 e. The summed E-state index contributed by atoms with van der Waals surface area (Å²) in [7, 11) is 0. The van der Waals surface area contributed by atoms with Crippen LogP contribution in [0.15, 0.2) is 47.5 Å². The average molecular weight is 473 g/mol. The highest BCUT2D eigenvalue weighted by Crippen LogP contribution is 2.27. The molecule has 32 heavy (non-hydrogen) atoms. The van der Waals surface area contributed by atoms with Gasteiger partial charge in [-0.15, -0.1) is 0 Å². The van der Waals surface area contributed by atoms with Gasteiger partial charge in [-0.2, -0.15) is 0 Å². The second kappa shape index (κ2) is 9.30. The third kappa shape index (κ3) is 4.64. The van der Waals surface area contributed by atoms with Crippen molar-refractivity contribution >= 4 is 52.3 Å². The highest BCUT2D eigenvalue weighted by atomic mass is 35.5. The van der Waals surface area contributed by atoms with Crippen molar-refractivity contribution in [3.05, 3.63) is 63.6 Å². The fraction of sp³-hybridized carbons (Fsp3) is 0.304. The van der Waals surface area contributed by atoms with E-state index in [-0.39, 0.29) is 35.9 Å². The lowest BCUT2D eigenvalue weighted by atomic mass is 9.89. The van der Waals surface area contributed by atoms with Gasteiger partial charge in [0.15, 0.2) is 5.78 Å². The van der Waals surface area contributed by atoms with Crippen molar-refractivity contribution < 1.29 is 14.4 Å². The van der Waals surface area contributed by atoms with Gasteiger partial charge in [0.2, 0.25) is 5.84 Å². The summed E-state index contributed by atoms with van der Waals surface area (Å²) in [5.41, 5.74) is 5.09. The van der Waals surface area contributed by atoms with E-state index in [9.17, 15) is 14.4 Å². The molecule has 2 amide bonds. The Kier molecular flexibility index (Phi) is 6.48. The van der Waals surface area contributed by atoms with Crippen LogP contribution in [-0.4, -0.2) is 48.0 Å². The summed E-state index contributed by atoms with van der Waals surface area (Å²) >= 11 is 12.0. The molecule has 0 saturated carbocycles. The average Bonchev–Trinajstić information content (AvgIpc) is 2.81. The minimum absolute atomic E-state index is 0.0000551. The number of amidine groups is 1. The molecule has 0 unspecified atom stereocenters. The molecule has 9 heteroatoms. The van der Waals surface area contributed by atoms with Gasteiger partial charge < -0.3 is 4.90 Å². The number of carbonyl (C=O) groups is 3. The van der Waals surface area contributed by atoms with E-state index in [0.29, 0.717) is 47.2 Å². The number of amides is 2. The molecule has 2 aliphatic heterocycles. The third-order valence-electron chi connectivity index (χ3n) is 5.69. The Morgan fingerprint density at radius 3 is 2.38 bits per heavy atom. The number of likely N-dealkylation sites (tertiary alicyclic amines) is 1. The van der Waals surface area contributed by atoms with Crippen LogP contribution < -0.4 is 10.4 Å². The summed E-state index contributed by atoms with van der Waals surface area (Å²) in [5, 5.41) is 2.10. The molecule has 1 N–H and O–H groups in total. The zero-order valence-electron chi connectivity index (χ0n) is 17.5. The standard InChI is InChI=1S/C23H22Cl2N4O3/c1-14-2-5-17(6-3-14)29-20(30)13-26-22(27-29)23(32)28-10-8-15(9-11-28)21(31)16-4-7-18(24)19(25)12-16/h2-7,12,15H,8-11,13H2,1H3,(H,26,27). The highest BCUT2D eigenvalue weighted by molar-refractivity contribution is 6.42. The van der Waals surface area contributed by atoms with E-state index < -0.39 is 0 Å². The van der Waals surface area contributed by atoms with Crippen LogP contribution in [0.3, 0.4) is 0 Å². The second-order valence-electron chi connectivity index (χ2n) is 7.90. The van der Waals surface area contributed by atoms with E-state index in [2.05, 4.69) is 10.4 Å². The van der Waals surface area contributed by atoms with E-state index in [4.69, 9.17) is 23.2 Å². The molecule has 2 aliphatic rings. The number of aliphatic imine (C=N–C) groups is 1. The maximum absolute atomic E-state index is 13.0.